The standard InChI is InChI=1S/C36H29NO3S/c1-39-33-19-16-26(22-29(33)24-40-34-13-7-5-11-28(34)21-25-9-3-2-4-10-25)15-18-32(38)27-17-20-36-31(23-27)37-30-12-6-8-14-35(30)41-36/h2-20,22-23,37H,21,24H2,1H3/b18-15+. The van der Waals surface area contributed by atoms with Gasteiger partial charge in [0.05, 0.1) is 18.5 Å². The SMILES string of the molecule is COc1ccc(/C=C/C(=O)c2ccc3c(c2)Nc2ccccc2S3)cc1COc1ccccc1Cc1ccccc1. The molecule has 0 saturated heterocycles. The van der Waals surface area contributed by atoms with E-state index in [4.69, 9.17) is 9.47 Å². The van der Waals surface area contributed by atoms with Crippen LogP contribution in [0.4, 0.5) is 11.4 Å². The molecule has 0 atom stereocenters. The van der Waals surface area contributed by atoms with Crippen LogP contribution in [0.1, 0.15) is 32.6 Å². The number of fused-ring (bicyclic) bond motifs is 2. The maximum absolute atomic E-state index is 13.1. The average Bonchev–Trinajstić information content (AvgIpc) is 3.02. The fourth-order valence-corrected chi connectivity index (χ4v) is 5.81. The zero-order chi connectivity index (χ0) is 28.0. The Labute approximate surface area is 244 Å². The van der Waals surface area contributed by atoms with Crippen LogP contribution in [0, 0.1) is 0 Å². The Hall–Kier alpha value is -4.74. The first-order chi connectivity index (χ1) is 20.2. The number of allylic oxidation sites excluding steroid dienone is 1. The van der Waals surface area contributed by atoms with Crippen molar-refractivity contribution in [3.8, 4) is 11.5 Å². The molecular formula is C36H29NO3S. The van der Waals surface area contributed by atoms with Crippen molar-refractivity contribution in [3.05, 3.63) is 149 Å². The molecule has 0 fully saturated rings. The van der Waals surface area contributed by atoms with Gasteiger partial charge < -0.3 is 14.8 Å². The number of methoxy groups -OCH3 is 1. The van der Waals surface area contributed by atoms with Crippen LogP contribution in [0.5, 0.6) is 11.5 Å². The molecule has 0 radical (unpaired) electrons. The van der Waals surface area contributed by atoms with Crippen molar-refractivity contribution in [2.24, 2.45) is 0 Å². The summed E-state index contributed by atoms with van der Waals surface area (Å²) in [4.78, 5) is 15.4. The van der Waals surface area contributed by atoms with E-state index < -0.39 is 0 Å². The van der Waals surface area contributed by atoms with Gasteiger partial charge in [-0.1, -0.05) is 84.6 Å². The van der Waals surface area contributed by atoms with Gasteiger partial charge in [0.1, 0.15) is 18.1 Å². The number of rotatable bonds is 9. The van der Waals surface area contributed by atoms with Crippen LogP contribution in [0.3, 0.4) is 0 Å². The third-order valence-corrected chi connectivity index (χ3v) is 8.12. The fraction of sp³-hybridized carbons (Fsp3) is 0.0833. The predicted molar refractivity (Wildman–Crippen MR) is 167 cm³/mol. The van der Waals surface area contributed by atoms with Crippen LogP contribution >= 0.6 is 11.8 Å². The zero-order valence-corrected chi connectivity index (χ0v) is 23.5. The fourth-order valence-electron chi connectivity index (χ4n) is 4.84. The second-order valence-electron chi connectivity index (χ2n) is 9.76. The first-order valence-electron chi connectivity index (χ1n) is 13.5. The molecule has 0 saturated carbocycles. The number of hydrogen-bond acceptors (Lipinski definition) is 5. The number of benzene rings is 5. The van der Waals surface area contributed by atoms with E-state index in [-0.39, 0.29) is 5.78 Å². The van der Waals surface area contributed by atoms with Crippen molar-refractivity contribution >= 4 is 35.0 Å². The van der Waals surface area contributed by atoms with Gasteiger partial charge in [-0.25, -0.2) is 0 Å². The number of ketones is 1. The Morgan fingerprint density at radius 2 is 1.54 bits per heavy atom. The second kappa shape index (κ2) is 12.2. The van der Waals surface area contributed by atoms with Crippen LogP contribution in [-0.4, -0.2) is 12.9 Å². The number of para-hydroxylation sites is 2. The normalized spacial score (nSPS) is 11.8. The van der Waals surface area contributed by atoms with Gasteiger partial charge in [-0.05, 0) is 71.3 Å². The molecule has 4 nitrogen and oxygen atoms in total. The predicted octanol–water partition coefficient (Wildman–Crippen LogP) is 8.97. The van der Waals surface area contributed by atoms with Crippen LogP contribution in [0.25, 0.3) is 6.08 Å². The molecule has 202 valence electrons. The lowest BCUT2D eigenvalue weighted by Crippen LogP contribution is -2.03. The summed E-state index contributed by atoms with van der Waals surface area (Å²) in [6.07, 6.45) is 4.25. The molecule has 5 heteroatoms. The molecule has 5 aromatic carbocycles. The summed E-state index contributed by atoms with van der Waals surface area (Å²) in [6.45, 7) is 0.347. The molecule has 1 aliphatic heterocycles. The minimum absolute atomic E-state index is 0.0538. The van der Waals surface area contributed by atoms with E-state index in [9.17, 15) is 4.79 Å². The van der Waals surface area contributed by atoms with Crippen molar-refractivity contribution in [1.82, 2.24) is 0 Å². The van der Waals surface area contributed by atoms with Gasteiger partial charge in [0.25, 0.3) is 0 Å². The van der Waals surface area contributed by atoms with Crippen molar-refractivity contribution in [1.29, 1.82) is 0 Å². The number of ether oxygens (including phenoxy) is 2. The van der Waals surface area contributed by atoms with E-state index in [1.165, 1.54) is 10.5 Å². The summed E-state index contributed by atoms with van der Waals surface area (Å²) in [7, 11) is 1.65. The quantitative estimate of drug-likeness (QED) is 0.143. The Kier molecular flexibility index (Phi) is 7.88. The highest BCUT2D eigenvalue weighted by Gasteiger charge is 2.16. The van der Waals surface area contributed by atoms with Gasteiger partial charge in [0.15, 0.2) is 5.78 Å². The summed E-state index contributed by atoms with van der Waals surface area (Å²) in [5.74, 6) is 1.53. The molecule has 0 aliphatic carbocycles. The maximum atomic E-state index is 13.1. The van der Waals surface area contributed by atoms with Crippen molar-refractivity contribution in [3.63, 3.8) is 0 Å². The van der Waals surface area contributed by atoms with Crippen LogP contribution < -0.4 is 14.8 Å². The van der Waals surface area contributed by atoms with E-state index in [0.717, 1.165) is 50.9 Å². The van der Waals surface area contributed by atoms with E-state index in [2.05, 4.69) is 29.6 Å². The minimum atomic E-state index is -0.0538. The summed E-state index contributed by atoms with van der Waals surface area (Å²) >= 11 is 1.71. The lowest BCUT2D eigenvalue weighted by atomic mass is 10.0. The second-order valence-corrected chi connectivity index (χ2v) is 10.8. The molecular weight excluding hydrogens is 526 g/mol. The molecule has 41 heavy (non-hydrogen) atoms. The number of hydrogen-bond donors (Lipinski definition) is 1. The average molecular weight is 556 g/mol. The van der Waals surface area contributed by atoms with Crippen LogP contribution in [0.2, 0.25) is 0 Å². The van der Waals surface area contributed by atoms with Crippen LogP contribution in [-0.2, 0) is 13.0 Å². The summed E-state index contributed by atoms with van der Waals surface area (Å²) in [5, 5.41) is 3.45. The molecule has 0 bridgehead atoms. The van der Waals surface area contributed by atoms with Crippen molar-refractivity contribution in [2.75, 3.05) is 12.4 Å². The smallest absolute Gasteiger partial charge is 0.185 e. The van der Waals surface area contributed by atoms with Crippen molar-refractivity contribution in [2.45, 2.75) is 22.8 Å². The van der Waals surface area contributed by atoms with E-state index >= 15 is 0 Å². The molecule has 1 N–H and O–H groups in total. The summed E-state index contributed by atoms with van der Waals surface area (Å²) in [5.41, 5.74) is 6.81. The van der Waals surface area contributed by atoms with Crippen LogP contribution in [0.15, 0.2) is 131 Å². The van der Waals surface area contributed by atoms with E-state index in [1.54, 1.807) is 24.9 Å². The molecule has 1 heterocycles. The first-order valence-corrected chi connectivity index (χ1v) is 14.3. The zero-order valence-electron chi connectivity index (χ0n) is 22.7. The molecule has 0 amide bonds. The van der Waals surface area contributed by atoms with E-state index in [0.29, 0.717) is 12.2 Å². The Morgan fingerprint density at radius 1 is 0.756 bits per heavy atom. The number of anilines is 2. The highest BCUT2D eigenvalue weighted by molar-refractivity contribution is 7.99. The Bertz CT molecular complexity index is 1730. The third-order valence-electron chi connectivity index (χ3n) is 6.97. The molecule has 0 spiro atoms. The Balaban J connectivity index is 1.16. The van der Waals surface area contributed by atoms with Gasteiger partial charge in [-0.2, -0.15) is 0 Å². The molecule has 0 aromatic heterocycles. The topological polar surface area (TPSA) is 47.6 Å². The molecule has 0 unspecified atom stereocenters. The lowest BCUT2D eigenvalue weighted by molar-refractivity contribution is 0.104. The van der Waals surface area contributed by atoms with Gasteiger partial charge in [0, 0.05) is 27.3 Å². The molecule has 5 aromatic rings. The highest BCUT2D eigenvalue weighted by atomic mass is 32.2. The minimum Gasteiger partial charge on any atom is -0.496 e. The lowest BCUT2D eigenvalue weighted by Gasteiger charge is -2.20. The molecule has 6 rings (SSSR count). The highest BCUT2D eigenvalue weighted by Crippen LogP contribution is 2.44. The number of carbonyl (C=O) groups excluding carboxylic acids is 1. The third kappa shape index (κ3) is 6.21. The number of nitrogens with one attached hydrogen (secondary N) is 1. The largest absolute Gasteiger partial charge is 0.496 e. The first kappa shape index (κ1) is 26.5. The van der Waals surface area contributed by atoms with Gasteiger partial charge in [0.2, 0.25) is 0 Å². The van der Waals surface area contributed by atoms with Gasteiger partial charge >= 0.3 is 0 Å². The Morgan fingerprint density at radius 3 is 2.41 bits per heavy atom. The van der Waals surface area contributed by atoms with E-state index in [1.807, 2.05) is 97.1 Å². The monoisotopic (exact) mass is 555 g/mol. The summed E-state index contributed by atoms with van der Waals surface area (Å²) < 4.78 is 11.9. The maximum Gasteiger partial charge on any atom is 0.185 e. The summed E-state index contributed by atoms with van der Waals surface area (Å²) in [6, 6.07) is 38.3. The molecule has 1 aliphatic rings. The number of carbonyl (C=O) groups is 1. The van der Waals surface area contributed by atoms with Gasteiger partial charge in [-0.3, -0.25) is 4.79 Å². The van der Waals surface area contributed by atoms with Crippen molar-refractivity contribution < 1.29 is 14.3 Å². The van der Waals surface area contributed by atoms with Gasteiger partial charge in [-0.15, -0.1) is 0 Å².